The van der Waals surface area contributed by atoms with E-state index in [0.717, 1.165) is 26.2 Å². The predicted octanol–water partition coefficient (Wildman–Crippen LogP) is 1.61. The van der Waals surface area contributed by atoms with E-state index in [1.165, 1.54) is 19.3 Å². The van der Waals surface area contributed by atoms with Gasteiger partial charge in [0.1, 0.15) is 0 Å². The second-order valence-electron chi connectivity index (χ2n) is 6.40. The maximum atomic E-state index is 6.08. The number of ether oxygens (including phenoxy) is 1. The third kappa shape index (κ3) is 2.27. The predicted molar refractivity (Wildman–Crippen MR) is 66.4 cm³/mol. The van der Waals surface area contributed by atoms with Crippen LogP contribution >= 0.6 is 0 Å². The van der Waals surface area contributed by atoms with Crippen LogP contribution in [0.25, 0.3) is 0 Å². The van der Waals surface area contributed by atoms with Crippen molar-refractivity contribution >= 4 is 0 Å². The molecule has 2 fully saturated rings. The number of morpholine rings is 1. The van der Waals surface area contributed by atoms with Gasteiger partial charge in [0, 0.05) is 25.2 Å². The SMILES string of the molecule is CC1CN(C2(CN)CCC(C)(C)C2)CCO1. The molecule has 0 amide bonds. The zero-order valence-electron chi connectivity index (χ0n) is 11.0. The van der Waals surface area contributed by atoms with Crippen molar-refractivity contribution in [3.05, 3.63) is 0 Å². The highest BCUT2D eigenvalue weighted by atomic mass is 16.5. The molecule has 0 bridgehead atoms. The Morgan fingerprint density at radius 3 is 2.62 bits per heavy atom. The lowest BCUT2D eigenvalue weighted by atomic mass is 9.86. The van der Waals surface area contributed by atoms with E-state index in [2.05, 4.69) is 25.7 Å². The number of hydrogen-bond donors (Lipinski definition) is 1. The molecule has 1 aliphatic heterocycles. The van der Waals surface area contributed by atoms with Crippen molar-refractivity contribution in [2.75, 3.05) is 26.2 Å². The zero-order valence-corrected chi connectivity index (χ0v) is 11.0. The van der Waals surface area contributed by atoms with Crippen molar-refractivity contribution in [2.45, 2.75) is 51.7 Å². The first-order chi connectivity index (χ1) is 7.47. The minimum absolute atomic E-state index is 0.252. The van der Waals surface area contributed by atoms with Gasteiger partial charge in [-0.2, -0.15) is 0 Å². The first-order valence-electron chi connectivity index (χ1n) is 6.54. The van der Waals surface area contributed by atoms with Gasteiger partial charge in [-0.1, -0.05) is 13.8 Å². The summed E-state index contributed by atoms with van der Waals surface area (Å²) in [6.45, 7) is 10.7. The Balaban J connectivity index is 2.09. The summed E-state index contributed by atoms with van der Waals surface area (Å²) in [6, 6.07) is 0. The lowest BCUT2D eigenvalue weighted by molar-refractivity contribution is -0.0613. The van der Waals surface area contributed by atoms with E-state index in [1.54, 1.807) is 0 Å². The monoisotopic (exact) mass is 226 g/mol. The van der Waals surface area contributed by atoms with E-state index in [0.29, 0.717) is 11.5 Å². The highest BCUT2D eigenvalue weighted by Gasteiger charge is 2.46. The first-order valence-corrected chi connectivity index (χ1v) is 6.54. The fourth-order valence-electron chi connectivity index (χ4n) is 3.46. The number of rotatable bonds is 2. The van der Waals surface area contributed by atoms with Gasteiger partial charge >= 0.3 is 0 Å². The average Bonchev–Trinajstić information content (AvgIpc) is 2.56. The van der Waals surface area contributed by atoms with Gasteiger partial charge in [-0.15, -0.1) is 0 Å². The molecule has 3 heteroatoms. The fourth-order valence-corrected chi connectivity index (χ4v) is 3.46. The zero-order chi connectivity index (χ0) is 11.8. The molecule has 16 heavy (non-hydrogen) atoms. The molecule has 2 N–H and O–H groups in total. The molecule has 2 unspecified atom stereocenters. The third-order valence-electron chi connectivity index (χ3n) is 4.37. The molecule has 0 aromatic rings. The number of hydrogen-bond acceptors (Lipinski definition) is 3. The average molecular weight is 226 g/mol. The molecule has 0 aromatic heterocycles. The van der Waals surface area contributed by atoms with Crippen molar-refractivity contribution in [3.8, 4) is 0 Å². The third-order valence-corrected chi connectivity index (χ3v) is 4.37. The molecule has 0 spiro atoms. The largest absolute Gasteiger partial charge is 0.376 e. The van der Waals surface area contributed by atoms with E-state index in [9.17, 15) is 0 Å². The molecule has 0 radical (unpaired) electrons. The normalized spacial score (nSPS) is 40.1. The van der Waals surface area contributed by atoms with Crippen LogP contribution in [0.15, 0.2) is 0 Å². The molecule has 0 aromatic carbocycles. The lowest BCUT2D eigenvalue weighted by Gasteiger charge is -2.45. The summed E-state index contributed by atoms with van der Waals surface area (Å²) in [5.41, 5.74) is 6.79. The summed E-state index contributed by atoms with van der Waals surface area (Å²) in [5, 5.41) is 0. The fraction of sp³-hybridized carbons (Fsp3) is 1.00. The summed E-state index contributed by atoms with van der Waals surface area (Å²) in [7, 11) is 0. The first kappa shape index (κ1) is 12.3. The highest BCUT2D eigenvalue weighted by molar-refractivity contribution is 5.03. The Bertz CT molecular complexity index is 254. The van der Waals surface area contributed by atoms with E-state index in [4.69, 9.17) is 10.5 Å². The molecular formula is C13H26N2O. The van der Waals surface area contributed by atoms with Gasteiger partial charge in [0.05, 0.1) is 12.7 Å². The second kappa shape index (κ2) is 4.28. The van der Waals surface area contributed by atoms with Crippen molar-refractivity contribution in [1.82, 2.24) is 4.90 Å². The molecule has 1 aliphatic carbocycles. The molecule has 1 saturated heterocycles. The van der Waals surface area contributed by atoms with Gasteiger partial charge in [-0.25, -0.2) is 0 Å². The molecule has 1 saturated carbocycles. The number of nitrogens with zero attached hydrogens (tertiary/aromatic N) is 1. The van der Waals surface area contributed by atoms with Gasteiger partial charge in [-0.05, 0) is 31.6 Å². The summed E-state index contributed by atoms with van der Waals surface area (Å²) in [5.74, 6) is 0. The van der Waals surface area contributed by atoms with Crippen molar-refractivity contribution in [2.24, 2.45) is 11.1 Å². The van der Waals surface area contributed by atoms with Gasteiger partial charge < -0.3 is 10.5 Å². The smallest absolute Gasteiger partial charge is 0.0674 e. The molecule has 3 nitrogen and oxygen atoms in total. The molecule has 2 aliphatic rings. The molecule has 94 valence electrons. The van der Waals surface area contributed by atoms with Crippen LogP contribution in [0.4, 0.5) is 0 Å². The van der Waals surface area contributed by atoms with Crippen molar-refractivity contribution in [3.63, 3.8) is 0 Å². The summed E-state index contributed by atoms with van der Waals surface area (Å²) >= 11 is 0. The van der Waals surface area contributed by atoms with Gasteiger partial charge in [0.15, 0.2) is 0 Å². The quantitative estimate of drug-likeness (QED) is 0.777. The van der Waals surface area contributed by atoms with Gasteiger partial charge in [0.25, 0.3) is 0 Å². The highest BCUT2D eigenvalue weighted by Crippen LogP contribution is 2.46. The lowest BCUT2D eigenvalue weighted by Crippen LogP contribution is -2.58. The summed E-state index contributed by atoms with van der Waals surface area (Å²) in [6.07, 6.45) is 4.16. The maximum absolute atomic E-state index is 6.08. The van der Waals surface area contributed by atoms with Crippen LogP contribution in [0.5, 0.6) is 0 Å². The van der Waals surface area contributed by atoms with Crippen LogP contribution < -0.4 is 5.73 Å². The van der Waals surface area contributed by atoms with Gasteiger partial charge in [0.2, 0.25) is 0 Å². The van der Waals surface area contributed by atoms with Crippen LogP contribution in [0, 0.1) is 5.41 Å². The van der Waals surface area contributed by atoms with Gasteiger partial charge in [-0.3, -0.25) is 4.90 Å². The van der Waals surface area contributed by atoms with Crippen LogP contribution in [0.3, 0.4) is 0 Å². The topological polar surface area (TPSA) is 38.5 Å². The molecule has 2 rings (SSSR count). The van der Waals surface area contributed by atoms with Crippen LogP contribution in [-0.2, 0) is 4.74 Å². The van der Waals surface area contributed by atoms with E-state index < -0.39 is 0 Å². The Kier molecular flexibility index (Phi) is 3.30. The Hall–Kier alpha value is -0.120. The van der Waals surface area contributed by atoms with Crippen LogP contribution in [0.1, 0.15) is 40.0 Å². The Morgan fingerprint density at radius 1 is 1.38 bits per heavy atom. The standard InChI is InChI=1S/C13H26N2O/c1-11-8-15(6-7-16-11)13(10-14)5-4-12(2,3)9-13/h11H,4-10,14H2,1-3H3. The van der Waals surface area contributed by atoms with E-state index >= 15 is 0 Å². The minimum atomic E-state index is 0.252. The Morgan fingerprint density at radius 2 is 2.12 bits per heavy atom. The summed E-state index contributed by atoms with van der Waals surface area (Å²) < 4.78 is 5.63. The molecular weight excluding hydrogens is 200 g/mol. The molecule has 2 atom stereocenters. The summed E-state index contributed by atoms with van der Waals surface area (Å²) in [4.78, 5) is 2.59. The minimum Gasteiger partial charge on any atom is -0.376 e. The van der Waals surface area contributed by atoms with Crippen LogP contribution in [-0.4, -0.2) is 42.8 Å². The van der Waals surface area contributed by atoms with E-state index in [-0.39, 0.29) is 5.54 Å². The second-order valence-corrected chi connectivity index (χ2v) is 6.40. The van der Waals surface area contributed by atoms with Crippen LogP contribution in [0.2, 0.25) is 0 Å². The van der Waals surface area contributed by atoms with E-state index in [1.807, 2.05) is 0 Å². The number of nitrogens with two attached hydrogens (primary N) is 1. The maximum Gasteiger partial charge on any atom is 0.0674 e. The molecule has 1 heterocycles. The van der Waals surface area contributed by atoms with Crippen molar-refractivity contribution < 1.29 is 4.74 Å². The Labute approximate surface area is 99.3 Å². The van der Waals surface area contributed by atoms with Crippen molar-refractivity contribution in [1.29, 1.82) is 0 Å².